The number of aromatic amines is 1. The Morgan fingerprint density at radius 1 is 1.24 bits per heavy atom. The molecule has 0 bridgehead atoms. The first-order valence-electron chi connectivity index (χ1n) is 8.05. The molecule has 0 fully saturated rings. The minimum atomic E-state index is -0.784. The van der Waals surface area contributed by atoms with Crippen LogP contribution in [0, 0.1) is 10.1 Å². The van der Waals surface area contributed by atoms with Crippen molar-refractivity contribution in [3.05, 3.63) is 79.9 Å². The van der Waals surface area contributed by atoms with Crippen LogP contribution in [0.25, 0.3) is 10.9 Å². The highest BCUT2D eigenvalue weighted by Gasteiger charge is 2.40. The van der Waals surface area contributed by atoms with Gasteiger partial charge >= 0.3 is 0 Å². The Balaban J connectivity index is 1.74. The first kappa shape index (κ1) is 16.0. The fraction of sp³-hybridized carbons (Fsp3) is 0.211. The van der Waals surface area contributed by atoms with Gasteiger partial charge in [0.25, 0.3) is 0 Å². The Kier molecular flexibility index (Phi) is 3.92. The average Bonchev–Trinajstić information content (AvgIpc) is 3.02. The number of carbonyl (C=O) groups excluding carboxylic acids is 1. The molecule has 0 aliphatic heterocycles. The first-order chi connectivity index (χ1) is 12.0. The van der Waals surface area contributed by atoms with Crippen molar-refractivity contribution < 1.29 is 9.72 Å². The predicted octanol–water partition coefficient (Wildman–Crippen LogP) is 4.49. The van der Waals surface area contributed by atoms with E-state index in [0.717, 1.165) is 26.5 Å². The number of carbonyl (C=O) groups is 1. The lowest BCUT2D eigenvalue weighted by atomic mass is 9.77. The van der Waals surface area contributed by atoms with E-state index < -0.39 is 12.0 Å². The van der Waals surface area contributed by atoms with E-state index in [1.807, 2.05) is 36.5 Å². The van der Waals surface area contributed by atoms with Crippen LogP contribution in [0.5, 0.6) is 0 Å². The largest absolute Gasteiger partial charge is 0.361 e. The molecule has 1 heterocycles. The van der Waals surface area contributed by atoms with Gasteiger partial charge in [0, 0.05) is 44.9 Å². The van der Waals surface area contributed by atoms with Gasteiger partial charge in [0.2, 0.25) is 6.04 Å². The van der Waals surface area contributed by atoms with Crippen LogP contribution in [0.2, 0.25) is 0 Å². The third-order valence-corrected chi connectivity index (χ3v) is 5.48. The van der Waals surface area contributed by atoms with Crippen molar-refractivity contribution in [2.24, 2.45) is 0 Å². The number of rotatable bonds is 4. The highest BCUT2D eigenvalue weighted by Crippen LogP contribution is 2.40. The van der Waals surface area contributed by atoms with E-state index in [9.17, 15) is 14.9 Å². The molecule has 0 amide bonds. The maximum atomic E-state index is 12.7. The maximum absolute atomic E-state index is 12.7. The molecule has 1 aliphatic rings. The zero-order valence-electron chi connectivity index (χ0n) is 13.2. The lowest BCUT2D eigenvalue weighted by Crippen LogP contribution is -2.34. The normalized spacial score (nSPS) is 19.1. The summed E-state index contributed by atoms with van der Waals surface area (Å²) in [6, 6.07) is 12.1. The average molecular weight is 399 g/mol. The Morgan fingerprint density at radius 3 is 2.72 bits per heavy atom. The number of benzene rings is 2. The second-order valence-corrected chi connectivity index (χ2v) is 7.30. The molecule has 3 aromatic rings. The van der Waals surface area contributed by atoms with Crippen molar-refractivity contribution in [1.82, 2.24) is 4.98 Å². The van der Waals surface area contributed by atoms with Crippen LogP contribution < -0.4 is 0 Å². The van der Waals surface area contributed by atoms with Crippen LogP contribution in [-0.2, 0) is 6.42 Å². The lowest BCUT2D eigenvalue weighted by Gasteiger charge is -2.26. The SMILES string of the molecule is O=C(C[C@@H]1c2cccc3[nH]cc(c23)C[C@H]1[N+](=O)[O-])c1ccc(Br)cc1. The summed E-state index contributed by atoms with van der Waals surface area (Å²) in [5.41, 5.74) is 3.40. The number of H-pyrrole nitrogens is 1. The van der Waals surface area contributed by atoms with Crippen molar-refractivity contribution in [2.75, 3.05) is 0 Å². The van der Waals surface area contributed by atoms with E-state index in [4.69, 9.17) is 0 Å². The number of Topliss-reactive ketones (excluding diaryl/α,β-unsaturated/α-hetero) is 1. The standard InChI is InChI=1S/C19H15BrN2O3/c20-13-6-4-11(5-7-13)18(23)9-15-14-2-1-3-16-19(14)12(10-21-16)8-17(15)22(24)25/h1-7,10,15,17,21H,8-9H2/t15-,17-/m1/s1. The molecule has 6 heteroatoms. The molecule has 4 rings (SSSR count). The summed E-state index contributed by atoms with van der Waals surface area (Å²) in [5, 5.41) is 12.7. The number of hydrogen-bond acceptors (Lipinski definition) is 3. The highest BCUT2D eigenvalue weighted by molar-refractivity contribution is 9.10. The minimum Gasteiger partial charge on any atom is -0.361 e. The van der Waals surface area contributed by atoms with Gasteiger partial charge in [-0.1, -0.05) is 40.2 Å². The summed E-state index contributed by atoms with van der Waals surface area (Å²) >= 11 is 3.35. The van der Waals surface area contributed by atoms with Gasteiger partial charge in [0.1, 0.15) is 0 Å². The van der Waals surface area contributed by atoms with E-state index in [1.165, 1.54) is 0 Å². The molecule has 0 saturated heterocycles. The van der Waals surface area contributed by atoms with Crippen LogP contribution in [0.1, 0.15) is 33.8 Å². The zero-order valence-corrected chi connectivity index (χ0v) is 14.8. The topological polar surface area (TPSA) is 76.0 Å². The highest BCUT2D eigenvalue weighted by atomic mass is 79.9. The van der Waals surface area contributed by atoms with Crippen LogP contribution >= 0.6 is 15.9 Å². The molecular formula is C19H15BrN2O3. The van der Waals surface area contributed by atoms with Crippen molar-refractivity contribution in [3.63, 3.8) is 0 Å². The fourth-order valence-corrected chi connectivity index (χ4v) is 4.02. The number of nitrogens with zero attached hydrogens (tertiary/aromatic N) is 1. The van der Waals surface area contributed by atoms with Crippen LogP contribution in [-0.4, -0.2) is 21.7 Å². The third-order valence-electron chi connectivity index (χ3n) is 4.95. The Labute approximate surface area is 152 Å². The number of ketones is 1. The number of halogens is 1. The van der Waals surface area contributed by atoms with E-state index in [2.05, 4.69) is 20.9 Å². The van der Waals surface area contributed by atoms with Crippen molar-refractivity contribution in [3.8, 4) is 0 Å². The van der Waals surface area contributed by atoms with Crippen LogP contribution in [0.15, 0.2) is 53.1 Å². The molecule has 2 aromatic carbocycles. The summed E-state index contributed by atoms with van der Waals surface area (Å²) in [6.45, 7) is 0. The van der Waals surface area contributed by atoms with E-state index in [1.54, 1.807) is 12.1 Å². The van der Waals surface area contributed by atoms with Gasteiger partial charge in [-0.05, 0) is 29.3 Å². The van der Waals surface area contributed by atoms with E-state index in [-0.39, 0.29) is 17.1 Å². The number of aromatic nitrogens is 1. The molecule has 0 radical (unpaired) electrons. The molecule has 2 atom stereocenters. The smallest absolute Gasteiger partial charge is 0.224 e. The molecule has 0 spiro atoms. The van der Waals surface area contributed by atoms with Gasteiger partial charge in [-0.25, -0.2) is 0 Å². The Hall–Kier alpha value is -2.47. The predicted molar refractivity (Wildman–Crippen MR) is 98.6 cm³/mol. The molecule has 1 N–H and O–H groups in total. The maximum Gasteiger partial charge on any atom is 0.224 e. The Bertz CT molecular complexity index is 978. The fourth-order valence-electron chi connectivity index (χ4n) is 3.75. The number of nitro groups is 1. The minimum absolute atomic E-state index is 0.0691. The van der Waals surface area contributed by atoms with Crippen molar-refractivity contribution in [1.29, 1.82) is 0 Å². The molecular weight excluding hydrogens is 384 g/mol. The molecule has 126 valence electrons. The molecule has 0 unspecified atom stereocenters. The second kappa shape index (κ2) is 6.11. The first-order valence-corrected chi connectivity index (χ1v) is 8.85. The monoisotopic (exact) mass is 398 g/mol. The lowest BCUT2D eigenvalue weighted by molar-refractivity contribution is -0.526. The second-order valence-electron chi connectivity index (χ2n) is 6.38. The van der Waals surface area contributed by atoms with Crippen LogP contribution in [0.4, 0.5) is 0 Å². The van der Waals surface area contributed by atoms with Gasteiger partial charge in [-0.3, -0.25) is 14.9 Å². The number of hydrogen-bond donors (Lipinski definition) is 1. The van der Waals surface area contributed by atoms with Crippen molar-refractivity contribution in [2.45, 2.75) is 24.8 Å². The van der Waals surface area contributed by atoms with Crippen LogP contribution in [0.3, 0.4) is 0 Å². The summed E-state index contributed by atoms with van der Waals surface area (Å²) < 4.78 is 0.895. The van der Waals surface area contributed by atoms with Gasteiger partial charge in [0.15, 0.2) is 5.78 Å². The summed E-state index contributed by atoms with van der Waals surface area (Å²) in [6.07, 6.45) is 2.33. The Morgan fingerprint density at radius 2 is 2.00 bits per heavy atom. The molecule has 1 aromatic heterocycles. The molecule has 0 saturated carbocycles. The van der Waals surface area contributed by atoms with Gasteiger partial charge < -0.3 is 4.98 Å². The quantitative estimate of drug-likeness (QED) is 0.399. The third kappa shape index (κ3) is 2.76. The van der Waals surface area contributed by atoms with Gasteiger partial charge in [0.05, 0.1) is 5.92 Å². The summed E-state index contributed by atoms with van der Waals surface area (Å²) in [4.78, 5) is 27.3. The van der Waals surface area contributed by atoms with E-state index >= 15 is 0 Å². The molecule has 1 aliphatic carbocycles. The summed E-state index contributed by atoms with van der Waals surface area (Å²) in [5.74, 6) is -0.488. The summed E-state index contributed by atoms with van der Waals surface area (Å²) in [7, 11) is 0. The molecule has 5 nitrogen and oxygen atoms in total. The van der Waals surface area contributed by atoms with Crippen molar-refractivity contribution >= 4 is 32.6 Å². The zero-order chi connectivity index (χ0) is 17.6. The number of nitrogens with one attached hydrogen (secondary N) is 1. The van der Waals surface area contributed by atoms with Gasteiger partial charge in [-0.2, -0.15) is 0 Å². The molecule has 25 heavy (non-hydrogen) atoms. The van der Waals surface area contributed by atoms with E-state index in [0.29, 0.717) is 12.0 Å². The van der Waals surface area contributed by atoms with Gasteiger partial charge in [-0.15, -0.1) is 0 Å².